The Morgan fingerprint density at radius 2 is 2.29 bits per heavy atom. The van der Waals surface area contributed by atoms with Crippen LogP contribution in [0.1, 0.15) is 19.0 Å². The molecule has 0 aliphatic carbocycles. The van der Waals surface area contributed by atoms with Gasteiger partial charge >= 0.3 is 0 Å². The van der Waals surface area contributed by atoms with Crippen LogP contribution in [0.3, 0.4) is 0 Å². The highest BCUT2D eigenvalue weighted by Crippen LogP contribution is 2.28. The highest BCUT2D eigenvalue weighted by molar-refractivity contribution is 9.10. The largest absolute Gasteiger partial charge is 0.368 e. The smallest absolute Gasteiger partial charge is 0.191 e. The highest BCUT2D eigenvalue weighted by atomic mass is 79.9. The predicted octanol–water partition coefficient (Wildman–Crippen LogP) is 2.51. The Morgan fingerprint density at radius 3 is 3.04 bits per heavy atom. The van der Waals surface area contributed by atoms with Gasteiger partial charge in [-0.25, -0.2) is 4.99 Å². The lowest BCUT2D eigenvalue weighted by Crippen LogP contribution is -2.44. The Hall–Kier alpha value is -2.02. The standard InChI is InChI=1S/C17H23BrN6/c1-2-19-17(20-11-13-7-9-21-23-13)22-14-8-10-24(12-14)16-6-4-3-5-15(16)18/h3-7,9,14H,2,8,10-12H2,1H3,(H,21,23)(H2,19,20,22). The molecule has 2 aromatic rings. The van der Waals surface area contributed by atoms with Crippen molar-refractivity contribution in [3.63, 3.8) is 0 Å². The van der Waals surface area contributed by atoms with E-state index < -0.39 is 0 Å². The number of rotatable bonds is 5. The molecule has 1 atom stereocenters. The zero-order chi connectivity index (χ0) is 16.8. The van der Waals surface area contributed by atoms with E-state index in [4.69, 9.17) is 0 Å². The molecule has 0 bridgehead atoms. The van der Waals surface area contributed by atoms with Crippen molar-refractivity contribution in [2.45, 2.75) is 25.9 Å². The third-order valence-electron chi connectivity index (χ3n) is 4.03. The Balaban J connectivity index is 1.60. The van der Waals surface area contributed by atoms with Crippen LogP contribution >= 0.6 is 15.9 Å². The van der Waals surface area contributed by atoms with Crippen LogP contribution in [0, 0.1) is 0 Å². The Kier molecular flexibility index (Phi) is 5.74. The van der Waals surface area contributed by atoms with Crippen LogP contribution in [0.15, 0.2) is 46.0 Å². The molecule has 1 saturated heterocycles. The third kappa shape index (κ3) is 4.29. The fourth-order valence-electron chi connectivity index (χ4n) is 2.86. The average Bonchev–Trinajstić information content (AvgIpc) is 3.25. The van der Waals surface area contributed by atoms with E-state index in [0.717, 1.165) is 42.2 Å². The van der Waals surface area contributed by atoms with Crippen LogP contribution in [-0.4, -0.2) is 41.8 Å². The number of aromatic amines is 1. The van der Waals surface area contributed by atoms with E-state index in [1.165, 1.54) is 5.69 Å². The minimum atomic E-state index is 0.386. The fourth-order valence-corrected chi connectivity index (χ4v) is 3.39. The topological polar surface area (TPSA) is 68.3 Å². The van der Waals surface area contributed by atoms with Gasteiger partial charge in [0.05, 0.1) is 17.9 Å². The SMILES string of the molecule is CCNC(=NCc1ccn[nH]1)NC1CCN(c2ccccc2Br)C1. The molecule has 0 saturated carbocycles. The van der Waals surface area contributed by atoms with E-state index in [1.54, 1.807) is 6.20 Å². The number of para-hydroxylation sites is 1. The molecular formula is C17H23BrN6. The first kappa shape index (κ1) is 16.8. The van der Waals surface area contributed by atoms with Gasteiger partial charge < -0.3 is 15.5 Å². The minimum Gasteiger partial charge on any atom is -0.368 e. The summed E-state index contributed by atoms with van der Waals surface area (Å²) in [6, 6.07) is 10.7. The second-order valence-electron chi connectivity index (χ2n) is 5.80. The molecule has 1 unspecified atom stereocenters. The molecule has 3 N–H and O–H groups in total. The maximum absolute atomic E-state index is 4.63. The molecule has 0 spiro atoms. The summed E-state index contributed by atoms with van der Waals surface area (Å²) in [6.07, 6.45) is 2.84. The number of halogens is 1. The summed E-state index contributed by atoms with van der Waals surface area (Å²) >= 11 is 3.64. The number of aliphatic imine (C=N–C) groups is 1. The van der Waals surface area contributed by atoms with Crippen molar-refractivity contribution >= 4 is 27.6 Å². The van der Waals surface area contributed by atoms with Crippen molar-refractivity contribution in [3.8, 4) is 0 Å². The van der Waals surface area contributed by atoms with Gasteiger partial charge in [-0.1, -0.05) is 12.1 Å². The average molecular weight is 391 g/mol. The number of nitrogens with one attached hydrogen (secondary N) is 3. The molecule has 128 valence electrons. The zero-order valence-corrected chi connectivity index (χ0v) is 15.4. The van der Waals surface area contributed by atoms with Crippen molar-refractivity contribution in [2.24, 2.45) is 4.99 Å². The lowest BCUT2D eigenvalue weighted by molar-refractivity contribution is 0.648. The number of aromatic nitrogens is 2. The van der Waals surface area contributed by atoms with E-state index in [0.29, 0.717) is 12.6 Å². The highest BCUT2D eigenvalue weighted by Gasteiger charge is 2.24. The van der Waals surface area contributed by atoms with Gasteiger partial charge in [-0.15, -0.1) is 0 Å². The van der Waals surface area contributed by atoms with Crippen LogP contribution in [-0.2, 0) is 6.54 Å². The van der Waals surface area contributed by atoms with Gasteiger partial charge in [0.25, 0.3) is 0 Å². The first-order valence-electron chi connectivity index (χ1n) is 8.29. The summed E-state index contributed by atoms with van der Waals surface area (Å²) in [5.41, 5.74) is 2.26. The lowest BCUT2D eigenvalue weighted by Gasteiger charge is -2.21. The molecule has 1 aromatic heterocycles. The van der Waals surface area contributed by atoms with E-state index in [2.05, 4.69) is 71.8 Å². The van der Waals surface area contributed by atoms with E-state index in [9.17, 15) is 0 Å². The summed E-state index contributed by atoms with van der Waals surface area (Å²) in [6.45, 7) is 5.53. The summed E-state index contributed by atoms with van der Waals surface area (Å²) in [7, 11) is 0. The molecule has 1 aromatic carbocycles. The molecule has 6 nitrogen and oxygen atoms in total. The summed E-state index contributed by atoms with van der Waals surface area (Å²) in [5, 5.41) is 13.8. The number of hydrogen-bond acceptors (Lipinski definition) is 3. The van der Waals surface area contributed by atoms with Gasteiger partial charge in [-0.3, -0.25) is 5.10 Å². The number of nitrogens with zero attached hydrogens (tertiary/aromatic N) is 3. The Bertz CT molecular complexity index is 669. The number of benzene rings is 1. The fraction of sp³-hybridized carbons (Fsp3) is 0.412. The molecule has 1 fully saturated rings. The first-order valence-corrected chi connectivity index (χ1v) is 9.08. The van der Waals surface area contributed by atoms with Gasteiger partial charge in [-0.05, 0) is 47.5 Å². The van der Waals surface area contributed by atoms with E-state index in [-0.39, 0.29) is 0 Å². The van der Waals surface area contributed by atoms with Crippen molar-refractivity contribution in [1.82, 2.24) is 20.8 Å². The quantitative estimate of drug-likeness (QED) is 0.541. The van der Waals surface area contributed by atoms with Gasteiger partial charge in [0.1, 0.15) is 0 Å². The van der Waals surface area contributed by atoms with Crippen molar-refractivity contribution in [3.05, 3.63) is 46.7 Å². The third-order valence-corrected chi connectivity index (χ3v) is 4.70. The van der Waals surface area contributed by atoms with Crippen LogP contribution in [0.2, 0.25) is 0 Å². The summed E-state index contributed by atoms with van der Waals surface area (Å²) in [4.78, 5) is 7.03. The normalized spacial score (nSPS) is 18.0. The minimum absolute atomic E-state index is 0.386. The lowest BCUT2D eigenvalue weighted by atomic mass is 10.3. The number of H-pyrrole nitrogens is 1. The molecule has 24 heavy (non-hydrogen) atoms. The molecule has 3 rings (SSSR count). The van der Waals surface area contributed by atoms with Gasteiger partial charge in [-0.2, -0.15) is 5.10 Å². The van der Waals surface area contributed by atoms with Crippen LogP contribution in [0.5, 0.6) is 0 Å². The van der Waals surface area contributed by atoms with Crippen LogP contribution < -0.4 is 15.5 Å². The molecule has 1 aliphatic heterocycles. The van der Waals surface area contributed by atoms with E-state index >= 15 is 0 Å². The molecular weight excluding hydrogens is 368 g/mol. The van der Waals surface area contributed by atoms with Gasteiger partial charge in [0, 0.05) is 36.3 Å². The van der Waals surface area contributed by atoms with Crippen molar-refractivity contribution < 1.29 is 0 Å². The Morgan fingerprint density at radius 1 is 1.42 bits per heavy atom. The molecule has 0 amide bonds. The monoisotopic (exact) mass is 390 g/mol. The van der Waals surface area contributed by atoms with Crippen LogP contribution in [0.4, 0.5) is 5.69 Å². The maximum atomic E-state index is 4.63. The van der Waals surface area contributed by atoms with Crippen LogP contribution in [0.25, 0.3) is 0 Å². The summed E-state index contributed by atoms with van der Waals surface area (Å²) in [5.74, 6) is 0.853. The van der Waals surface area contributed by atoms with Crippen molar-refractivity contribution in [2.75, 3.05) is 24.5 Å². The molecule has 0 radical (unpaired) electrons. The number of hydrogen-bond donors (Lipinski definition) is 3. The number of anilines is 1. The maximum Gasteiger partial charge on any atom is 0.191 e. The predicted molar refractivity (Wildman–Crippen MR) is 101 cm³/mol. The van der Waals surface area contributed by atoms with E-state index in [1.807, 2.05) is 12.1 Å². The first-order chi connectivity index (χ1) is 11.8. The number of guanidine groups is 1. The second kappa shape index (κ2) is 8.19. The summed E-state index contributed by atoms with van der Waals surface area (Å²) < 4.78 is 1.14. The second-order valence-corrected chi connectivity index (χ2v) is 6.66. The molecule has 7 heteroatoms. The van der Waals surface area contributed by atoms with Gasteiger partial charge in [0.15, 0.2) is 5.96 Å². The molecule has 2 heterocycles. The zero-order valence-electron chi connectivity index (χ0n) is 13.8. The van der Waals surface area contributed by atoms with Crippen molar-refractivity contribution in [1.29, 1.82) is 0 Å². The molecule has 1 aliphatic rings. The van der Waals surface area contributed by atoms with Gasteiger partial charge in [0.2, 0.25) is 0 Å². The Labute approximate surface area is 150 Å².